The van der Waals surface area contributed by atoms with Gasteiger partial charge in [-0.2, -0.15) is 0 Å². The van der Waals surface area contributed by atoms with Crippen molar-refractivity contribution in [2.24, 2.45) is 0 Å². The van der Waals surface area contributed by atoms with E-state index < -0.39 is 0 Å². The Balaban J connectivity index is 2.28. The van der Waals surface area contributed by atoms with E-state index in [9.17, 15) is 4.79 Å². The van der Waals surface area contributed by atoms with Crippen LogP contribution in [0, 0.1) is 0 Å². The molecule has 0 heterocycles. The highest BCUT2D eigenvalue weighted by molar-refractivity contribution is 9.11. The van der Waals surface area contributed by atoms with Crippen molar-refractivity contribution < 1.29 is 4.79 Å². The van der Waals surface area contributed by atoms with E-state index in [1.54, 1.807) is 17.8 Å². The molecule has 2 aromatic rings. The highest BCUT2D eigenvalue weighted by Crippen LogP contribution is 2.27. The smallest absolute Gasteiger partial charge is 0.256 e. The first-order valence-corrected chi connectivity index (χ1v) is 8.32. The Bertz CT molecular complexity index is 616. The van der Waals surface area contributed by atoms with Gasteiger partial charge in [-0.25, -0.2) is 0 Å². The van der Waals surface area contributed by atoms with Gasteiger partial charge in [0.1, 0.15) is 0 Å². The summed E-state index contributed by atoms with van der Waals surface area (Å²) in [6, 6.07) is 13.3. The predicted molar refractivity (Wildman–Crippen MR) is 88.0 cm³/mol. The van der Waals surface area contributed by atoms with Crippen LogP contribution in [0.2, 0.25) is 0 Å². The maximum Gasteiger partial charge on any atom is 0.256 e. The Labute approximate surface area is 133 Å². The van der Waals surface area contributed by atoms with Gasteiger partial charge in [-0.3, -0.25) is 4.79 Å². The molecule has 0 aliphatic heterocycles. The standard InChI is InChI=1S/C14H11Br2NOS/c1-19-13-5-3-2-4-12(13)17-14(18)10-8-9(15)6-7-11(10)16/h2-8H,1H3,(H,17,18). The molecule has 0 saturated heterocycles. The first-order chi connectivity index (χ1) is 9.11. The molecular formula is C14H11Br2NOS. The van der Waals surface area contributed by atoms with Gasteiger partial charge in [-0.1, -0.05) is 28.1 Å². The van der Waals surface area contributed by atoms with Gasteiger partial charge in [0.15, 0.2) is 0 Å². The van der Waals surface area contributed by atoms with Crippen LogP contribution in [0.1, 0.15) is 10.4 Å². The third kappa shape index (κ3) is 3.61. The third-order valence-electron chi connectivity index (χ3n) is 2.53. The number of halogens is 2. The van der Waals surface area contributed by atoms with E-state index in [1.165, 1.54) is 0 Å². The monoisotopic (exact) mass is 399 g/mol. The minimum absolute atomic E-state index is 0.130. The van der Waals surface area contributed by atoms with E-state index >= 15 is 0 Å². The molecule has 0 saturated carbocycles. The summed E-state index contributed by atoms with van der Waals surface area (Å²) >= 11 is 8.37. The molecule has 0 spiro atoms. The Hall–Kier alpha value is -0.780. The van der Waals surface area contributed by atoms with E-state index in [4.69, 9.17) is 0 Å². The average molecular weight is 401 g/mol. The second-order valence-electron chi connectivity index (χ2n) is 3.78. The van der Waals surface area contributed by atoms with Crippen molar-refractivity contribution >= 4 is 55.2 Å². The molecule has 0 aliphatic carbocycles. The minimum atomic E-state index is -0.130. The second-order valence-corrected chi connectivity index (χ2v) is 6.40. The van der Waals surface area contributed by atoms with Gasteiger partial charge in [0.2, 0.25) is 0 Å². The van der Waals surface area contributed by atoms with Gasteiger partial charge >= 0.3 is 0 Å². The molecule has 1 N–H and O–H groups in total. The van der Waals surface area contributed by atoms with Crippen LogP contribution in [0.3, 0.4) is 0 Å². The van der Waals surface area contributed by atoms with Gasteiger partial charge in [0.05, 0.1) is 11.3 Å². The molecule has 2 rings (SSSR count). The third-order valence-corrected chi connectivity index (χ3v) is 4.51. The number of nitrogens with one attached hydrogen (secondary N) is 1. The summed E-state index contributed by atoms with van der Waals surface area (Å²) in [6.07, 6.45) is 1.99. The Morgan fingerprint density at radius 1 is 1.16 bits per heavy atom. The van der Waals surface area contributed by atoms with Crippen molar-refractivity contribution in [2.75, 3.05) is 11.6 Å². The van der Waals surface area contributed by atoms with Crippen molar-refractivity contribution in [3.63, 3.8) is 0 Å². The van der Waals surface area contributed by atoms with E-state index in [0.29, 0.717) is 5.56 Å². The number of carbonyl (C=O) groups is 1. The van der Waals surface area contributed by atoms with E-state index in [-0.39, 0.29) is 5.91 Å². The number of hydrogen-bond donors (Lipinski definition) is 1. The quantitative estimate of drug-likeness (QED) is 0.718. The number of thioether (sulfide) groups is 1. The summed E-state index contributed by atoms with van der Waals surface area (Å²) in [5.41, 5.74) is 1.43. The predicted octanol–water partition coefficient (Wildman–Crippen LogP) is 5.19. The van der Waals surface area contributed by atoms with Crippen LogP contribution in [0.25, 0.3) is 0 Å². The number of benzene rings is 2. The molecule has 98 valence electrons. The molecule has 0 aliphatic rings. The van der Waals surface area contributed by atoms with E-state index in [0.717, 1.165) is 19.5 Å². The Morgan fingerprint density at radius 2 is 1.89 bits per heavy atom. The van der Waals surface area contributed by atoms with Crippen molar-refractivity contribution in [3.8, 4) is 0 Å². The van der Waals surface area contributed by atoms with Crippen LogP contribution in [0.5, 0.6) is 0 Å². The first-order valence-electron chi connectivity index (χ1n) is 5.51. The highest BCUT2D eigenvalue weighted by Gasteiger charge is 2.12. The zero-order valence-corrected chi connectivity index (χ0v) is 14.1. The van der Waals surface area contributed by atoms with E-state index in [2.05, 4.69) is 37.2 Å². The summed E-state index contributed by atoms with van der Waals surface area (Å²) < 4.78 is 1.65. The second kappa shape index (κ2) is 6.59. The number of anilines is 1. The number of amides is 1. The molecule has 5 heteroatoms. The summed E-state index contributed by atoms with van der Waals surface area (Å²) in [5.74, 6) is -0.130. The summed E-state index contributed by atoms with van der Waals surface area (Å²) in [6.45, 7) is 0. The van der Waals surface area contributed by atoms with Crippen LogP contribution in [-0.2, 0) is 0 Å². The van der Waals surface area contributed by atoms with Gasteiger partial charge in [-0.15, -0.1) is 11.8 Å². The fourth-order valence-electron chi connectivity index (χ4n) is 1.61. The average Bonchev–Trinajstić information content (AvgIpc) is 2.42. The maximum atomic E-state index is 12.3. The van der Waals surface area contributed by atoms with E-state index in [1.807, 2.05) is 42.7 Å². The van der Waals surface area contributed by atoms with Gasteiger partial charge in [0, 0.05) is 13.8 Å². The lowest BCUT2D eigenvalue weighted by Crippen LogP contribution is -2.13. The molecular weight excluding hydrogens is 390 g/mol. The van der Waals surface area contributed by atoms with Crippen LogP contribution in [0.15, 0.2) is 56.3 Å². The topological polar surface area (TPSA) is 29.1 Å². The number of rotatable bonds is 3. The number of carbonyl (C=O) groups excluding carboxylic acids is 1. The Kier molecular flexibility index (Phi) is 5.07. The van der Waals surface area contributed by atoms with Crippen molar-refractivity contribution in [2.45, 2.75) is 4.90 Å². The maximum absolute atomic E-state index is 12.3. The molecule has 2 nitrogen and oxygen atoms in total. The largest absolute Gasteiger partial charge is 0.321 e. The summed E-state index contributed by atoms with van der Waals surface area (Å²) in [7, 11) is 0. The van der Waals surface area contributed by atoms with Crippen LogP contribution in [0.4, 0.5) is 5.69 Å². The first kappa shape index (κ1) is 14.6. The number of para-hydroxylation sites is 1. The zero-order chi connectivity index (χ0) is 13.8. The van der Waals surface area contributed by atoms with Crippen LogP contribution in [-0.4, -0.2) is 12.2 Å². The SMILES string of the molecule is CSc1ccccc1NC(=O)c1cc(Br)ccc1Br. The van der Waals surface area contributed by atoms with Gasteiger partial charge < -0.3 is 5.32 Å². The minimum Gasteiger partial charge on any atom is -0.321 e. The molecule has 1 amide bonds. The summed E-state index contributed by atoms with van der Waals surface area (Å²) in [4.78, 5) is 13.3. The molecule has 0 aromatic heterocycles. The molecule has 19 heavy (non-hydrogen) atoms. The fourth-order valence-corrected chi connectivity index (χ4v) is 2.95. The molecule has 0 atom stereocenters. The van der Waals surface area contributed by atoms with Crippen LogP contribution < -0.4 is 5.32 Å². The lowest BCUT2D eigenvalue weighted by molar-refractivity contribution is 0.102. The van der Waals surface area contributed by atoms with Gasteiger partial charge in [0.25, 0.3) is 5.91 Å². The lowest BCUT2D eigenvalue weighted by atomic mass is 10.2. The van der Waals surface area contributed by atoms with Crippen molar-refractivity contribution in [3.05, 3.63) is 57.0 Å². The molecule has 2 aromatic carbocycles. The van der Waals surface area contributed by atoms with Crippen LogP contribution >= 0.6 is 43.6 Å². The Morgan fingerprint density at radius 3 is 2.63 bits per heavy atom. The normalized spacial score (nSPS) is 10.3. The molecule has 0 bridgehead atoms. The van der Waals surface area contributed by atoms with Crippen molar-refractivity contribution in [1.82, 2.24) is 0 Å². The molecule has 0 radical (unpaired) electrons. The lowest BCUT2D eigenvalue weighted by Gasteiger charge is -2.10. The highest BCUT2D eigenvalue weighted by atomic mass is 79.9. The molecule has 0 unspecified atom stereocenters. The van der Waals surface area contributed by atoms with Crippen molar-refractivity contribution in [1.29, 1.82) is 0 Å². The zero-order valence-electron chi connectivity index (χ0n) is 10.1. The van der Waals surface area contributed by atoms with Gasteiger partial charge in [-0.05, 0) is 52.5 Å². The molecule has 0 fully saturated rings. The number of hydrogen-bond acceptors (Lipinski definition) is 2. The fraction of sp³-hybridized carbons (Fsp3) is 0.0714. The summed E-state index contributed by atoms with van der Waals surface area (Å²) in [5, 5.41) is 2.94.